The second kappa shape index (κ2) is 6.52. The summed E-state index contributed by atoms with van der Waals surface area (Å²) in [6.07, 6.45) is -2.98. The van der Waals surface area contributed by atoms with E-state index in [9.17, 15) is 13.2 Å². The quantitative estimate of drug-likeness (QED) is 0.398. The van der Waals surface area contributed by atoms with Gasteiger partial charge < -0.3 is 5.73 Å². The van der Waals surface area contributed by atoms with Crippen molar-refractivity contribution in [1.82, 2.24) is 4.98 Å². The van der Waals surface area contributed by atoms with E-state index >= 15 is 0 Å². The first-order valence-electron chi connectivity index (χ1n) is 5.90. The summed E-state index contributed by atoms with van der Waals surface area (Å²) in [5.41, 5.74) is 4.95. The normalized spacial score (nSPS) is 12.8. The largest absolute Gasteiger partial charge is 0.416 e. The lowest BCUT2D eigenvalue weighted by molar-refractivity contribution is -0.137. The highest BCUT2D eigenvalue weighted by atomic mass is 35.5. The van der Waals surface area contributed by atoms with Crippen molar-refractivity contribution in [3.63, 3.8) is 0 Å². The maximum atomic E-state index is 12.6. The van der Waals surface area contributed by atoms with Crippen LogP contribution in [0.2, 0.25) is 5.02 Å². The van der Waals surface area contributed by atoms with Gasteiger partial charge in [0, 0.05) is 6.20 Å². The van der Waals surface area contributed by atoms with Gasteiger partial charge in [0.1, 0.15) is 11.4 Å². The Morgan fingerprint density at radius 3 is 2.59 bits per heavy atom. The summed E-state index contributed by atoms with van der Waals surface area (Å²) < 4.78 is 37.8. The molecule has 0 fully saturated rings. The summed E-state index contributed by atoms with van der Waals surface area (Å²) in [6, 6.07) is 7.72. The number of pyridine rings is 1. The van der Waals surface area contributed by atoms with Gasteiger partial charge in [0.2, 0.25) is 0 Å². The van der Waals surface area contributed by atoms with Gasteiger partial charge in [-0.3, -0.25) is 4.98 Å². The second-order valence-corrected chi connectivity index (χ2v) is 4.46. The number of rotatable bonds is 3. The van der Waals surface area contributed by atoms with Crippen molar-refractivity contribution in [2.24, 2.45) is 21.2 Å². The number of benzene rings is 1. The van der Waals surface area contributed by atoms with Gasteiger partial charge in [0.15, 0.2) is 5.84 Å². The molecule has 0 radical (unpaired) electrons. The van der Waals surface area contributed by atoms with E-state index in [0.29, 0.717) is 5.69 Å². The molecule has 0 aliphatic rings. The van der Waals surface area contributed by atoms with Crippen LogP contribution in [0.15, 0.2) is 58.0 Å². The molecule has 114 valence electrons. The molecule has 0 amide bonds. The minimum Gasteiger partial charge on any atom is -0.380 e. The highest BCUT2D eigenvalue weighted by molar-refractivity contribution is 6.32. The van der Waals surface area contributed by atoms with E-state index in [1.165, 1.54) is 6.20 Å². The van der Waals surface area contributed by atoms with Crippen molar-refractivity contribution in [2.45, 2.75) is 6.18 Å². The Morgan fingerprint density at radius 1 is 1.18 bits per heavy atom. The predicted molar refractivity (Wildman–Crippen MR) is 75.9 cm³/mol. The molecule has 0 aliphatic heterocycles. The van der Waals surface area contributed by atoms with Crippen molar-refractivity contribution < 1.29 is 13.2 Å². The highest BCUT2D eigenvalue weighted by Crippen LogP contribution is 2.35. The number of aromatic nitrogens is 1. The summed E-state index contributed by atoms with van der Waals surface area (Å²) in [5.74, 6) is -0.0209. The van der Waals surface area contributed by atoms with Crippen LogP contribution in [0.1, 0.15) is 11.3 Å². The van der Waals surface area contributed by atoms with Crippen LogP contribution in [-0.2, 0) is 6.18 Å². The Morgan fingerprint density at radius 2 is 1.95 bits per heavy atom. The first kappa shape index (κ1) is 15.9. The minimum atomic E-state index is -4.49. The number of nitrogens with zero attached hydrogens (tertiary/aromatic N) is 4. The number of hydrogen-bond acceptors (Lipinski definition) is 3. The molecule has 22 heavy (non-hydrogen) atoms. The number of alkyl halides is 3. The molecule has 5 nitrogen and oxygen atoms in total. The Kier molecular flexibility index (Phi) is 4.71. The Balaban J connectivity index is 2.23. The average Bonchev–Trinajstić information content (AvgIpc) is 2.48. The van der Waals surface area contributed by atoms with Crippen LogP contribution in [0.25, 0.3) is 0 Å². The van der Waals surface area contributed by atoms with Gasteiger partial charge in [-0.05, 0) is 35.6 Å². The molecule has 9 heteroatoms. The molecule has 0 bridgehead atoms. The molecular formula is C13H9ClF3N5. The molecule has 0 unspecified atom stereocenters. The Labute approximate surface area is 128 Å². The van der Waals surface area contributed by atoms with Gasteiger partial charge >= 0.3 is 6.18 Å². The Hall–Kier alpha value is -2.48. The fourth-order valence-electron chi connectivity index (χ4n) is 1.45. The van der Waals surface area contributed by atoms with E-state index in [4.69, 9.17) is 17.3 Å². The highest BCUT2D eigenvalue weighted by Gasteiger charge is 2.30. The van der Waals surface area contributed by atoms with Crippen LogP contribution < -0.4 is 5.73 Å². The molecule has 1 aromatic heterocycles. The maximum Gasteiger partial charge on any atom is 0.416 e. The molecule has 2 rings (SSSR count). The standard InChI is InChI=1S/C13H9ClF3N5/c14-9-5-4-8(13(15,16)17)7-11(9)20-22-21-12(18)10-3-1-2-6-19-10/h1-7H,(H2,18,20,21). The van der Waals surface area contributed by atoms with Crippen molar-refractivity contribution in [2.75, 3.05) is 0 Å². The molecule has 2 N–H and O–H groups in total. The lowest BCUT2D eigenvalue weighted by Crippen LogP contribution is -2.13. The van der Waals surface area contributed by atoms with Gasteiger partial charge in [-0.1, -0.05) is 17.7 Å². The third-order valence-corrected chi connectivity index (χ3v) is 2.83. The van der Waals surface area contributed by atoms with Crippen molar-refractivity contribution in [1.29, 1.82) is 0 Å². The van der Waals surface area contributed by atoms with E-state index in [-0.39, 0.29) is 16.5 Å². The third-order valence-electron chi connectivity index (χ3n) is 2.51. The molecule has 0 aliphatic carbocycles. The van der Waals surface area contributed by atoms with Crippen LogP contribution in [0, 0.1) is 0 Å². The fourth-order valence-corrected chi connectivity index (χ4v) is 1.61. The van der Waals surface area contributed by atoms with Crippen molar-refractivity contribution >= 4 is 23.1 Å². The summed E-state index contributed by atoms with van der Waals surface area (Å²) in [4.78, 5) is 3.94. The number of halogens is 4. The first-order chi connectivity index (χ1) is 10.4. The lowest BCUT2D eigenvalue weighted by atomic mass is 10.2. The van der Waals surface area contributed by atoms with E-state index < -0.39 is 11.7 Å². The Bertz CT molecular complexity index is 713. The molecule has 2 aromatic rings. The molecule has 0 spiro atoms. The molecular weight excluding hydrogens is 319 g/mol. The van der Waals surface area contributed by atoms with Gasteiger partial charge in [-0.15, -0.1) is 10.2 Å². The zero-order chi connectivity index (χ0) is 16.2. The molecule has 1 aromatic carbocycles. The van der Waals surface area contributed by atoms with Crippen LogP contribution >= 0.6 is 11.6 Å². The molecule has 0 atom stereocenters. The first-order valence-corrected chi connectivity index (χ1v) is 6.28. The summed E-state index contributed by atoms with van der Waals surface area (Å²) in [5, 5.41) is 10.5. The van der Waals surface area contributed by atoms with E-state index in [2.05, 4.69) is 20.4 Å². The minimum absolute atomic E-state index is 0.0170. The average molecular weight is 328 g/mol. The SMILES string of the molecule is NC(=NN=Nc1cc(C(F)(F)F)ccc1Cl)c1ccccn1. The number of hydrogen-bond donors (Lipinski definition) is 1. The van der Waals surface area contributed by atoms with Gasteiger partial charge in [0.25, 0.3) is 0 Å². The van der Waals surface area contributed by atoms with Crippen molar-refractivity contribution in [3.8, 4) is 0 Å². The van der Waals surface area contributed by atoms with Crippen molar-refractivity contribution in [3.05, 3.63) is 58.9 Å². The number of amidine groups is 1. The molecule has 1 heterocycles. The van der Waals surface area contributed by atoms with E-state index in [0.717, 1.165) is 18.2 Å². The summed E-state index contributed by atoms with van der Waals surface area (Å²) in [7, 11) is 0. The maximum absolute atomic E-state index is 12.6. The molecule has 0 saturated carbocycles. The van der Waals surface area contributed by atoms with Crippen LogP contribution in [0.5, 0.6) is 0 Å². The summed E-state index contributed by atoms with van der Waals surface area (Å²) >= 11 is 5.77. The third kappa shape index (κ3) is 4.01. The van der Waals surface area contributed by atoms with Crippen LogP contribution in [0.4, 0.5) is 18.9 Å². The zero-order valence-corrected chi connectivity index (χ0v) is 11.7. The molecule has 0 saturated heterocycles. The summed E-state index contributed by atoms with van der Waals surface area (Å²) in [6.45, 7) is 0. The second-order valence-electron chi connectivity index (χ2n) is 4.05. The van der Waals surface area contributed by atoms with Crippen LogP contribution in [0.3, 0.4) is 0 Å². The van der Waals surface area contributed by atoms with Gasteiger partial charge in [-0.2, -0.15) is 13.2 Å². The van der Waals surface area contributed by atoms with Gasteiger partial charge in [0.05, 0.1) is 10.6 Å². The predicted octanol–water partition coefficient (Wildman–Crippen LogP) is 4.16. The van der Waals surface area contributed by atoms with Gasteiger partial charge in [-0.25, -0.2) is 0 Å². The fraction of sp³-hybridized carbons (Fsp3) is 0.0769. The van der Waals surface area contributed by atoms with Crippen LogP contribution in [-0.4, -0.2) is 10.8 Å². The smallest absolute Gasteiger partial charge is 0.380 e. The monoisotopic (exact) mass is 327 g/mol. The number of nitrogens with two attached hydrogens (primary N) is 1. The topological polar surface area (TPSA) is 76.0 Å². The van der Waals surface area contributed by atoms with E-state index in [1.54, 1.807) is 18.2 Å². The zero-order valence-electron chi connectivity index (χ0n) is 10.9. The lowest BCUT2D eigenvalue weighted by Gasteiger charge is -2.07. The van der Waals surface area contributed by atoms with E-state index in [1.807, 2.05) is 0 Å².